The molecule has 4 nitrogen and oxygen atoms in total. The van der Waals surface area contributed by atoms with Gasteiger partial charge in [0.25, 0.3) is 10.0 Å². The lowest BCUT2D eigenvalue weighted by molar-refractivity contribution is -0.00761. The summed E-state index contributed by atoms with van der Waals surface area (Å²) in [6.07, 6.45) is 0. The predicted octanol–water partition coefficient (Wildman–Crippen LogP) is 2.59. The van der Waals surface area contributed by atoms with Crippen LogP contribution in [-0.4, -0.2) is 38.0 Å². The van der Waals surface area contributed by atoms with E-state index in [1.165, 1.54) is 15.6 Å². The number of hydrogen-bond acceptors (Lipinski definition) is 4. The van der Waals surface area contributed by atoms with E-state index in [0.717, 1.165) is 10.4 Å². The fourth-order valence-electron chi connectivity index (χ4n) is 2.15. The van der Waals surface area contributed by atoms with Gasteiger partial charge in [-0.25, -0.2) is 8.42 Å². The van der Waals surface area contributed by atoms with Crippen molar-refractivity contribution in [2.75, 3.05) is 19.8 Å². The third-order valence-corrected chi connectivity index (χ3v) is 7.46. The van der Waals surface area contributed by atoms with E-state index in [-0.39, 0.29) is 0 Å². The Balaban J connectivity index is 2.41. The van der Waals surface area contributed by atoms with Crippen LogP contribution in [0, 0.1) is 6.92 Å². The van der Waals surface area contributed by atoms with Crippen LogP contribution < -0.4 is 0 Å². The molecule has 0 atom stereocenters. The normalized spacial score (nSPS) is 20.6. The number of aryl methyl sites for hydroxylation is 1. The average Bonchev–Trinajstić information content (AvgIpc) is 2.70. The summed E-state index contributed by atoms with van der Waals surface area (Å²) in [6.45, 7) is 6.90. The summed E-state index contributed by atoms with van der Waals surface area (Å²) >= 11 is 7.08. The second kappa shape index (κ2) is 5.33. The molecule has 7 heteroatoms. The summed E-state index contributed by atoms with van der Waals surface area (Å²) in [5.74, 6) is 0.346. The van der Waals surface area contributed by atoms with Crippen molar-refractivity contribution in [2.24, 2.45) is 0 Å². The molecule has 0 unspecified atom stereocenters. The minimum atomic E-state index is -3.47. The molecule has 0 aromatic carbocycles. The predicted molar refractivity (Wildman–Crippen MR) is 77.4 cm³/mol. The van der Waals surface area contributed by atoms with Gasteiger partial charge in [0.15, 0.2) is 0 Å². The van der Waals surface area contributed by atoms with Crippen LogP contribution in [0.15, 0.2) is 10.3 Å². The molecule has 1 fully saturated rings. The van der Waals surface area contributed by atoms with Gasteiger partial charge in [-0.15, -0.1) is 22.9 Å². The van der Waals surface area contributed by atoms with E-state index in [4.69, 9.17) is 16.3 Å². The van der Waals surface area contributed by atoms with Crippen LogP contribution in [0.1, 0.15) is 24.3 Å². The van der Waals surface area contributed by atoms with Crippen LogP contribution in [-0.2, 0) is 20.6 Å². The number of thiophene rings is 1. The Kier molecular flexibility index (Phi) is 4.28. The van der Waals surface area contributed by atoms with Gasteiger partial charge in [-0.1, -0.05) is 0 Å². The van der Waals surface area contributed by atoms with Gasteiger partial charge in [-0.2, -0.15) is 4.31 Å². The number of nitrogens with zero attached hydrogens (tertiary/aromatic N) is 1. The lowest BCUT2D eigenvalue weighted by Crippen LogP contribution is -2.55. The number of alkyl halides is 1. The highest BCUT2D eigenvalue weighted by molar-refractivity contribution is 7.91. The van der Waals surface area contributed by atoms with Crippen LogP contribution >= 0.6 is 22.9 Å². The summed E-state index contributed by atoms with van der Waals surface area (Å²) in [6, 6.07) is 1.71. The number of hydrogen-bond donors (Lipinski definition) is 0. The number of morpholine rings is 1. The highest BCUT2D eigenvalue weighted by Crippen LogP contribution is 2.33. The van der Waals surface area contributed by atoms with E-state index in [9.17, 15) is 8.42 Å². The molecule has 0 radical (unpaired) electrons. The molecule has 1 aromatic heterocycles. The molecule has 1 aromatic rings. The van der Waals surface area contributed by atoms with Gasteiger partial charge in [0.2, 0.25) is 0 Å². The van der Waals surface area contributed by atoms with Crippen LogP contribution in [0.2, 0.25) is 0 Å². The van der Waals surface area contributed by atoms with Crippen molar-refractivity contribution in [3.8, 4) is 0 Å². The average molecular weight is 324 g/mol. The Morgan fingerprint density at radius 1 is 1.53 bits per heavy atom. The molecule has 2 heterocycles. The molecule has 0 N–H and O–H groups in total. The molecule has 1 aliphatic rings. The maximum Gasteiger partial charge on any atom is 0.253 e. The number of ether oxygens (including phenoxy) is 1. The van der Waals surface area contributed by atoms with Crippen molar-refractivity contribution >= 4 is 33.0 Å². The first-order valence-electron chi connectivity index (χ1n) is 6.05. The van der Waals surface area contributed by atoms with Crippen LogP contribution in [0.25, 0.3) is 0 Å². The minimum Gasteiger partial charge on any atom is -0.378 e. The first-order valence-corrected chi connectivity index (χ1v) is 8.84. The molecule has 19 heavy (non-hydrogen) atoms. The van der Waals surface area contributed by atoms with Crippen molar-refractivity contribution in [1.82, 2.24) is 4.31 Å². The molecule has 2 rings (SSSR count). The van der Waals surface area contributed by atoms with E-state index in [0.29, 0.717) is 29.8 Å². The van der Waals surface area contributed by atoms with Crippen LogP contribution in [0.4, 0.5) is 0 Å². The zero-order valence-corrected chi connectivity index (χ0v) is 13.7. The van der Waals surface area contributed by atoms with E-state index in [1.54, 1.807) is 6.07 Å². The van der Waals surface area contributed by atoms with Gasteiger partial charge in [0, 0.05) is 11.4 Å². The summed E-state index contributed by atoms with van der Waals surface area (Å²) in [5.41, 5.74) is 0.417. The molecule has 1 aliphatic heterocycles. The van der Waals surface area contributed by atoms with E-state index in [2.05, 4.69) is 0 Å². The Bertz CT molecular complexity index is 566. The van der Waals surface area contributed by atoms with Crippen molar-refractivity contribution in [2.45, 2.75) is 36.4 Å². The number of halogens is 1. The number of sulfonamides is 1. The van der Waals surface area contributed by atoms with E-state index in [1.807, 2.05) is 20.8 Å². The van der Waals surface area contributed by atoms with Crippen molar-refractivity contribution in [1.29, 1.82) is 0 Å². The lowest BCUT2D eigenvalue weighted by atomic mass is 10.1. The Hall–Kier alpha value is -0.140. The summed E-state index contributed by atoms with van der Waals surface area (Å²) < 4.78 is 32.7. The van der Waals surface area contributed by atoms with Gasteiger partial charge < -0.3 is 4.74 Å². The van der Waals surface area contributed by atoms with Gasteiger partial charge in [-0.05, 0) is 32.4 Å². The maximum atomic E-state index is 12.7. The molecule has 1 saturated heterocycles. The minimum absolute atomic E-state index is 0.346. The van der Waals surface area contributed by atoms with Gasteiger partial charge >= 0.3 is 0 Å². The lowest BCUT2D eigenvalue weighted by Gasteiger charge is -2.40. The zero-order valence-electron chi connectivity index (χ0n) is 11.3. The van der Waals surface area contributed by atoms with Crippen molar-refractivity contribution in [3.05, 3.63) is 16.5 Å². The highest BCUT2D eigenvalue weighted by Gasteiger charge is 2.40. The second-order valence-electron chi connectivity index (χ2n) is 5.25. The van der Waals surface area contributed by atoms with E-state index >= 15 is 0 Å². The van der Waals surface area contributed by atoms with Crippen LogP contribution in [0.3, 0.4) is 0 Å². The SMILES string of the molecule is Cc1cc(S(=O)(=O)N2CCOCC2(C)C)sc1CCl. The summed E-state index contributed by atoms with van der Waals surface area (Å²) in [5, 5.41) is 0. The highest BCUT2D eigenvalue weighted by atomic mass is 35.5. The summed E-state index contributed by atoms with van der Waals surface area (Å²) in [4.78, 5) is 0.909. The standard InChI is InChI=1S/C12H18ClNO3S2/c1-9-6-11(18-10(9)7-13)19(15,16)14-4-5-17-8-12(14,2)3/h6H,4-5,7-8H2,1-3H3. The van der Waals surface area contributed by atoms with Crippen LogP contribution in [0.5, 0.6) is 0 Å². The summed E-state index contributed by atoms with van der Waals surface area (Å²) in [7, 11) is -3.47. The molecule has 0 saturated carbocycles. The Labute approximate surface area is 123 Å². The molecule has 0 bridgehead atoms. The molecule has 0 aliphatic carbocycles. The van der Waals surface area contributed by atoms with Crippen molar-refractivity contribution < 1.29 is 13.2 Å². The molecule has 108 valence electrons. The van der Waals surface area contributed by atoms with Gasteiger partial charge in [0.1, 0.15) is 4.21 Å². The largest absolute Gasteiger partial charge is 0.378 e. The third-order valence-electron chi connectivity index (χ3n) is 3.23. The maximum absolute atomic E-state index is 12.7. The Morgan fingerprint density at radius 2 is 2.21 bits per heavy atom. The fourth-order valence-corrected chi connectivity index (χ4v) is 5.83. The molecule has 0 amide bonds. The molecule has 0 spiro atoms. The third kappa shape index (κ3) is 2.83. The molecular formula is C12H18ClNO3S2. The first-order chi connectivity index (χ1) is 8.79. The molecular weight excluding hydrogens is 306 g/mol. The monoisotopic (exact) mass is 323 g/mol. The second-order valence-corrected chi connectivity index (χ2v) is 8.74. The van der Waals surface area contributed by atoms with Crippen molar-refractivity contribution in [3.63, 3.8) is 0 Å². The topological polar surface area (TPSA) is 46.6 Å². The van der Waals surface area contributed by atoms with Gasteiger partial charge in [-0.3, -0.25) is 0 Å². The fraction of sp³-hybridized carbons (Fsp3) is 0.667. The quantitative estimate of drug-likeness (QED) is 0.803. The first kappa shape index (κ1) is 15.3. The van der Waals surface area contributed by atoms with Gasteiger partial charge in [0.05, 0.1) is 24.6 Å². The Morgan fingerprint density at radius 3 is 2.74 bits per heavy atom. The number of rotatable bonds is 3. The van der Waals surface area contributed by atoms with E-state index < -0.39 is 15.6 Å². The zero-order chi connectivity index (χ0) is 14.3. The smallest absolute Gasteiger partial charge is 0.253 e.